The first-order valence-electron chi connectivity index (χ1n) is 18.6. The molecule has 2 spiro atoms. The average molecular weight is 680 g/mol. The van der Waals surface area contributed by atoms with Gasteiger partial charge in [-0.3, -0.25) is 9.79 Å². The van der Waals surface area contributed by atoms with Crippen LogP contribution in [0.15, 0.2) is 40.4 Å². The van der Waals surface area contributed by atoms with Gasteiger partial charge in [0.05, 0.1) is 5.54 Å². The molecule has 9 atom stereocenters. The van der Waals surface area contributed by atoms with Gasteiger partial charge in [-0.15, -0.1) is 0 Å². The van der Waals surface area contributed by atoms with E-state index in [-0.39, 0.29) is 41.4 Å². The fourth-order valence-corrected chi connectivity index (χ4v) is 15.3. The molecule has 3 saturated carbocycles. The van der Waals surface area contributed by atoms with Crippen molar-refractivity contribution in [1.29, 1.82) is 0 Å². The normalized spacial score (nSPS) is 40.1. The number of Topliss-reactive ketones (excluding diaryl/α,β-unsaturated/α-hetero) is 1. The van der Waals surface area contributed by atoms with Crippen LogP contribution in [0.3, 0.4) is 0 Å². The molecule has 3 fully saturated rings. The molecular weight excluding hydrogens is 623 g/mol. The monoisotopic (exact) mass is 679 g/mol. The van der Waals surface area contributed by atoms with E-state index >= 15 is 0 Å². The van der Waals surface area contributed by atoms with Gasteiger partial charge < -0.3 is 21.3 Å². The molecule has 0 saturated heterocycles. The molecule has 0 unspecified atom stereocenters. The Morgan fingerprint density at radius 1 is 1.19 bits per heavy atom. The number of guanidine groups is 1. The Kier molecular flexibility index (Phi) is 9.64. The van der Waals surface area contributed by atoms with Crippen LogP contribution in [0.2, 0.25) is 0 Å². The standard InChI is InChI=1S/C39H57N3O3S2/c1-24(2)17-25-7-4-8-26(18-25)29-11-12-35-39(33(29)22-41-36(40)42-39)13-5-9-30-32-20-28-19-27(23-44)31(10-6-15-43)38(32,21-34(30)45)37(28,3)14-16-46-47-35/h4,7-8,18,24,27-29,31,33,35,43-44H,5-6,9-17,19-23H2,1-3H3,(H3,40,41,42)/t27-,28-,29-,31-,33-,35-,37+,38+,39-/m1/s1. The van der Waals surface area contributed by atoms with Gasteiger partial charge in [-0.2, -0.15) is 0 Å². The van der Waals surface area contributed by atoms with Gasteiger partial charge in [0.25, 0.3) is 0 Å². The highest BCUT2D eigenvalue weighted by Gasteiger charge is 2.69. The number of nitrogens with two attached hydrogens (primary N) is 1. The Morgan fingerprint density at radius 3 is 2.83 bits per heavy atom. The van der Waals surface area contributed by atoms with Crippen molar-refractivity contribution in [2.24, 2.45) is 51.1 Å². The number of hydrogen-bond acceptors (Lipinski definition) is 8. The lowest BCUT2D eigenvalue weighted by atomic mass is 9.47. The van der Waals surface area contributed by atoms with Crippen LogP contribution in [-0.4, -0.2) is 58.3 Å². The van der Waals surface area contributed by atoms with Crippen LogP contribution in [-0.2, 0) is 11.2 Å². The maximum absolute atomic E-state index is 14.2. The maximum atomic E-state index is 14.2. The minimum absolute atomic E-state index is 0.0478. The molecule has 0 radical (unpaired) electrons. The summed E-state index contributed by atoms with van der Waals surface area (Å²) in [7, 11) is 4.14. The second kappa shape index (κ2) is 13.3. The smallest absolute Gasteiger partial charge is 0.189 e. The van der Waals surface area contributed by atoms with Gasteiger partial charge in [-0.25, -0.2) is 0 Å². The zero-order chi connectivity index (χ0) is 33.0. The quantitative estimate of drug-likeness (QED) is 0.229. The van der Waals surface area contributed by atoms with Crippen molar-refractivity contribution in [3.63, 3.8) is 0 Å². The number of nitrogens with one attached hydrogen (secondary N) is 1. The maximum Gasteiger partial charge on any atom is 0.189 e. The molecule has 0 aromatic heterocycles. The van der Waals surface area contributed by atoms with Crippen molar-refractivity contribution in [1.82, 2.24) is 5.32 Å². The van der Waals surface area contributed by atoms with E-state index in [1.807, 2.05) is 10.8 Å². The highest BCUT2D eigenvalue weighted by Crippen LogP contribution is 2.75. The summed E-state index contributed by atoms with van der Waals surface area (Å²) in [6, 6.07) is 9.35. The number of allylic oxidation sites excluding steroid dienone is 2. The van der Waals surface area contributed by atoms with E-state index in [9.17, 15) is 15.0 Å². The Morgan fingerprint density at radius 2 is 2.04 bits per heavy atom. The molecule has 7 rings (SSSR count). The van der Waals surface area contributed by atoms with Crippen LogP contribution in [0.1, 0.15) is 108 Å². The Hall–Kier alpha value is -1.48. The third-order valence-corrected chi connectivity index (χ3v) is 17.0. The zero-order valence-corrected chi connectivity index (χ0v) is 30.4. The molecule has 47 heavy (non-hydrogen) atoms. The third-order valence-electron chi connectivity index (χ3n) is 14.0. The molecule has 5 N–H and O–H groups in total. The molecule has 0 amide bonds. The molecule has 2 heterocycles. The number of carbonyl (C=O) groups is 1. The number of carbonyl (C=O) groups excluding carboxylic acids is 1. The van der Waals surface area contributed by atoms with E-state index in [1.54, 1.807) is 0 Å². The fourth-order valence-electron chi connectivity index (χ4n) is 12.0. The molecule has 1 aromatic rings. The number of ketones is 1. The minimum atomic E-state index is -0.163. The second-order valence-corrected chi connectivity index (χ2v) is 19.2. The first-order valence-corrected chi connectivity index (χ1v) is 21.0. The van der Waals surface area contributed by atoms with Gasteiger partial charge in [0.15, 0.2) is 11.7 Å². The van der Waals surface area contributed by atoms with Gasteiger partial charge in [0.1, 0.15) is 0 Å². The molecule has 1 aromatic carbocycles. The molecule has 4 aliphatic carbocycles. The van der Waals surface area contributed by atoms with Crippen molar-refractivity contribution in [2.45, 2.75) is 115 Å². The van der Waals surface area contributed by atoms with E-state index < -0.39 is 0 Å². The lowest BCUT2D eigenvalue weighted by Gasteiger charge is -2.57. The van der Waals surface area contributed by atoms with Crippen LogP contribution in [0, 0.1) is 40.4 Å². The molecule has 8 heteroatoms. The van der Waals surface area contributed by atoms with E-state index in [0.717, 1.165) is 82.1 Å². The average Bonchev–Trinajstić information content (AvgIpc) is 3.38. The summed E-state index contributed by atoms with van der Waals surface area (Å²) in [4.78, 5) is 19.0. The minimum Gasteiger partial charge on any atom is -0.396 e. The van der Waals surface area contributed by atoms with Gasteiger partial charge in [0.2, 0.25) is 0 Å². The van der Waals surface area contributed by atoms with Crippen LogP contribution in [0.4, 0.5) is 0 Å². The Bertz CT molecular complexity index is 1410. The van der Waals surface area contributed by atoms with Crippen molar-refractivity contribution in [3.8, 4) is 0 Å². The van der Waals surface area contributed by atoms with Crippen LogP contribution >= 0.6 is 21.6 Å². The first kappa shape index (κ1) is 34.0. The van der Waals surface area contributed by atoms with Gasteiger partial charge in [-0.1, -0.05) is 72.2 Å². The van der Waals surface area contributed by atoms with E-state index in [4.69, 9.17) is 10.7 Å². The predicted octanol–water partition coefficient (Wildman–Crippen LogP) is 7.04. The predicted molar refractivity (Wildman–Crippen MR) is 195 cm³/mol. The summed E-state index contributed by atoms with van der Waals surface area (Å²) in [5.41, 5.74) is 11.7. The SMILES string of the molecule is CC(C)Cc1cccc([C@H]2CC[C@H]3SSCC[C@@]4(C)[C@H]5CC6=C(CCC[C@]37NC(N)=NC[C@H]27)C(=O)C[C@]64[C@H](CCCO)[C@@H](CO)C5)c1. The highest BCUT2D eigenvalue weighted by atomic mass is 33.1. The number of nitrogens with zero attached hydrogens (tertiary/aromatic N) is 1. The molecule has 5 bridgehead atoms. The third kappa shape index (κ3) is 5.54. The number of aliphatic hydroxyl groups excluding tert-OH is 2. The lowest BCUT2D eigenvalue weighted by molar-refractivity contribution is -0.125. The summed E-state index contributed by atoms with van der Waals surface area (Å²) >= 11 is 0. The highest BCUT2D eigenvalue weighted by molar-refractivity contribution is 8.77. The topological polar surface area (TPSA) is 108 Å². The van der Waals surface area contributed by atoms with E-state index in [2.05, 4.69) is 61.1 Å². The van der Waals surface area contributed by atoms with Gasteiger partial charge in [0, 0.05) is 48.5 Å². The fraction of sp³-hybridized carbons (Fsp3) is 0.744. The number of benzene rings is 1. The molecule has 2 aliphatic heterocycles. The molecule has 258 valence electrons. The number of aliphatic hydroxyl groups is 2. The van der Waals surface area contributed by atoms with Gasteiger partial charge >= 0.3 is 0 Å². The molecule has 6 nitrogen and oxygen atoms in total. The lowest BCUT2D eigenvalue weighted by Crippen LogP contribution is -2.67. The van der Waals surface area contributed by atoms with Crippen molar-refractivity contribution >= 4 is 33.3 Å². The number of rotatable bonds is 7. The Labute approximate surface area is 290 Å². The number of aliphatic imine (C=N–C) groups is 1. The van der Waals surface area contributed by atoms with Crippen LogP contribution in [0.25, 0.3) is 0 Å². The molecular formula is C39H57N3O3S2. The van der Waals surface area contributed by atoms with Crippen molar-refractivity contribution in [3.05, 3.63) is 46.5 Å². The van der Waals surface area contributed by atoms with Crippen LogP contribution < -0.4 is 11.1 Å². The van der Waals surface area contributed by atoms with E-state index in [0.29, 0.717) is 47.1 Å². The van der Waals surface area contributed by atoms with Crippen molar-refractivity contribution < 1.29 is 15.0 Å². The zero-order valence-electron chi connectivity index (χ0n) is 28.8. The molecule has 6 aliphatic rings. The van der Waals surface area contributed by atoms with Crippen LogP contribution in [0.5, 0.6) is 0 Å². The first-order chi connectivity index (χ1) is 22.7. The number of hydrogen-bond donors (Lipinski definition) is 4. The Balaban J connectivity index is 1.24. The largest absolute Gasteiger partial charge is 0.396 e. The summed E-state index contributed by atoms with van der Waals surface area (Å²) < 4.78 is 0. The second-order valence-electron chi connectivity index (χ2n) is 16.5. The summed E-state index contributed by atoms with van der Waals surface area (Å²) in [6.07, 6.45) is 11.6. The summed E-state index contributed by atoms with van der Waals surface area (Å²) in [5, 5.41) is 24.8. The summed E-state index contributed by atoms with van der Waals surface area (Å²) in [5.74, 6) is 4.41. The van der Waals surface area contributed by atoms with Crippen molar-refractivity contribution in [2.75, 3.05) is 25.5 Å². The van der Waals surface area contributed by atoms with Gasteiger partial charge in [-0.05, 0) is 122 Å². The van der Waals surface area contributed by atoms with E-state index in [1.165, 1.54) is 23.1 Å². The summed E-state index contributed by atoms with van der Waals surface area (Å²) in [6.45, 7) is 8.21.